The van der Waals surface area contributed by atoms with Gasteiger partial charge < -0.3 is 10.1 Å². The maximum absolute atomic E-state index is 5.52. The van der Waals surface area contributed by atoms with Crippen molar-refractivity contribution in [3.63, 3.8) is 0 Å². The molecular formula is C12H27NO. The minimum atomic E-state index is 0.637. The van der Waals surface area contributed by atoms with Crippen LogP contribution in [-0.2, 0) is 4.74 Å². The number of hydrogen-bond donors (Lipinski definition) is 1. The minimum absolute atomic E-state index is 0.637. The van der Waals surface area contributed by atoms with E-state index in [0.717, 1.165) is 19.8 Å². The van der Waals surface area contributed by atoms with Gasteiger partial charge in [0.25, 0.3) is 0 Å². The fraction of sp³-hybridized carbons (Fsp3) is 1.00. The Morgan fingerprint density at radius 3 is 2.50 bits per heavy atom. The Kier molecular flexibility index (Phi) is 9.42. The summed E-state index contributed by atoms with van der Waals surface area (Å²) >= 11 is 0. The van der Waals surface area contributed by atoms with E-state index in [4.69, 9.17) is 4.74 Å². The lowest BCUT2D eigenvalue weighted by atomic mass is 10.2. The fourth-order valence-corrected chi connectivity index (χ4v) is 1.30. The molecule has 0 bridgehead atoms. The maximum atomic E-state index is 5.52. The van der Waals surface area contributed by atoms with Gasteiger partial charge in [-0.1, -0.05) is 20.8 Å². The van der Waals surface area contributed by atoms with Crippen molar-refractivity contribution in [2.24, 2.45) is 5.92 Å². The van der Waals surface area contributed by atoms with Crippen LogP contribution in [-0.4, -0.2) is 25.8 Å². The van der Waals surface area contributed by atoms with Crippen LogP contribution in [0.5, 0.6) is 0 Å². The third-order valence-electron chi connectivity index (χ3n) is 2.12. The van der Waals surface area contributed by atoms with Crippen molar-refractivity contribution in [1.29, 1.82) is 0 Å². The van der Waals surface area contributed by atoms with E-state index >= 15 is 0 Å². The van der Waals surface area contributed by atoms with E-state index in [-0.39, 0.29) is 0 Å². The molecule has 1 N–H and O–H groups in total. The standard InChI is InChI=1S/C12H27NO/c1-5-8-13-12(4)7-6-9-14-10-11(2)3/h11-13H,5-10H2,1-4H3. The third-order valence-corrected chi connectivity index (χ3v) is 2.12. The highest BCUT2D eigenvalue weighted by Gasteiger charge is 2.00. The van der Waals surface area contributed by atoms with E-state index in [0.29, 0.717) is 12.0 Å². The van der Waals surface area contributed by atoms with Crippen LogP contribution in [0.4, 0.5) is 0 Å². The second kappa shape index (κ2) is 9.47. The van der Waals surface area contributed by atoms with Crippen LogP contribution in [0.1, 0.15) is 47.0 Å². The van der Waals surface area contributed by atoms with Gasteiger partial charge in [-0.3, -0.25) is 0 Å². The zero-order valence-electron chi connectivity index (χ0n) is 10.3. The molecule has 0 spiro atoms. The van der Waals surface area contributed by atoms with E-state index in [2.05, 4.69) is 33.0 Å². The molecule has 0 radical (unpaired) electrons. The van der Waals surface area contributed by atoms with E-state index in [1.54, 1.807) is 0 Å². The molecule has 0 saturated heterocycles. The Bertz CT molecular complexity index is 115. The number of hydrogen-bond acceptors (Lipinski definition) is 2. The Morgan fingerprint density at radius 1 is 1.21 bits per heavy atom. The largest absolute Gasteiger partial charge is 0.381 e. The van der Waals surface area contributed by atoms with Gasteiger partial charge in [0, 0.05) is 19.3 Å². The molecule has 0 aromatic heterocycles. The van der Waals surface area contributed by atoms with Crippen LogP contribution >= 0.6 is 0 Å². The molecule has 0 fully saturated rings. The van der Waals surface area contributed by atoms with Crippen molar-refractivity contribution in [2.45, 2.75) is 53.0 Å². The first-order chi connectivity index (χ1) is 6.66. The molecule has 0 aromatic carbocycles. The topological polar surface area (TPSA) is 21.3 Å². The summed E-state index contributed by atoms with van der Waals surface area (Å²) in [5, 5.41) is 3.48. The van der Waals surface area contributed by atoms with Crippen molar-refractivity contribution in [2.75, 3.05) is 19.8 Å². The fourth-order valence-electron chi connectivity index (χ4n) is 1.30. The Balaban J connectivity index is 3.10. The van der Waals surface area contributed by atoms with Gasteiger partial charge in [-0.15, -0.1) is 0 Å². The Labute approximate surface area is 89.4 Å². The summed E-state index contributed by atoms with van der Waals surface area (Å²) in [5.74, 6) is 0.658. The maximum Gasteiger partial charge on any atom is 0.0488 e. The molecule has 0 heterocycles. The zero-order valence-corrected chi connectivity index (χ0v) is 10.3. The summed E-state index contributed by atoms with van der Waals surface area (Å²) in [6, 6.07) is 0.637. The van der Waals surface area contributed by atoms with E-state index < -0.39 is 0 Å². The number of ether oxygens (including phenoxy) is 1. The molecule has 0 aliphatic heterocycles. The van der Waals surface area contributed by atoms with E-state index in [1.807, 2.05) is 0 Å². The van der Waals surface area contributed by atoms with Crippen molar-refractivity contribution in [3.05, 3.63) is 0 Å². The molecule has 2 nitrogen and oxygen atoms in total. The zero-order chi connectivity index (χ0) is 10.8. The first-order valence-corrected chi connectivity index (χ1v) is 5.98. The molecule has 86 valence electrons. The molecule has 0 aliphatic rings. The highest BCUT2D eigenvalue weighted by atomic mass is 16.5. The van der Waals surface area contributed by atoms with Crippen molar-refractivity contribution in [3.8, 4) is 0 Å². The van der Waals surface area contributed by atoms with E-state index in [9.17, 15) is 0 Å². The van der Waals surface area contributed by atoms with Crippen LogP contribution in [0.3, 0.4) is 0 Å². The van der Waals surface area contributed by atoms with Gasteiger partial charge in [-0.25, -0.2) is 0 Å². The lowest BCUT2D eigenvalue weighted by Crippen LogP contribution is -2.26. The van der Waals surface area contributed by atoms with Crippen LogP contribution in [0.15, 0.2) is 0 Å². The smallest absolute Gasteiger partial charge is 0.0488 e. The average molecular weight is 201 g/mol. The van der Waals surface area contributed by atoms with Crippen LogP contribution in [0.2, 0.25) is 0 Å². The molecule has 14 heavy (non-hydrogen) atoms. The van der Waals surface area contributed by atoms with Crippen molar-refractivity contribution < 1.29 is 4.74 Å². The van der Waals surface area contributed by atoms with Gasteiger partial charge in [-0.05, 0) is 38.6 Å². The van der Waals surface area contributed by atoms with Crippen LogP contribution < -0.4 is 5.32 Å². The Morgan fingerprint density at radius 2 is 1.93 bits per heavy atom. The normalized spacial score (nSPS) is 13.5. The summed E-state index contributed by atoms with van der Waals surface area (Å²) in [5.41, 5.74) is 0. The predicted molar refractivity (Wildman–Crippen MR) is 62.6 cm³/mol. The SMILES string of the molecule is CCCNC(C)CCCOCC(C)C. The lowest BCUT2D eigenvalue weighted by molar-refractivity contribution is 0.105. The number of rotatable bonds is 9. The first-order valence-electron chi connectivity index (χ1n) is 5.98. The van der Waals surface area contributed by atoms with Crippen molar-refractivity contribution >= 4 is 0 Å². The van der Waals surface area contributed by atoms with Gasteiger partial charge in [0.15, 0.2) is 0 Å². The van der Waals surface area contributed by atoms with Gasteiger partial charge >= 0.3 is 0 Å². The Hall–Kier alpha value is -0.0800. The quantitative estimate of drug-likeness (QED) is 0.579. The van der Waals surface area contributed by atoms with Crippen LogP contribution in [0.25, 0.3) is 0 Å². The third kappa shape index (κ3) is 10.0. The summed E-state index contributed by atoms with van der Waals surface area (Å²) in [6.07, 6.45) is 3.61. The molecular weight excluding hydrogens is 174 g/mol. The molecule has 1 unspecified atom stereocenters. The van der Waals surface area contributed by atoms with Crippen molar-refractivity contribution in [1.82, 2.24) is 5.32 Å². The van der Waals surface area contributed by atoms with E-state index in [1.165, 1.54) is 19.3 Å². The highest BCUT2D eigenvalue weighted by Crippen LogP contribution is 1.99. The molecule has 0 saturated carbocycles. The summed E-state index contributed by atoms with van der Waals surface area (Å²) in [6.45, 7) is 11.8. The summed E-state index contributed by atoms with van der Waals surface area (Å²) < 4.78 is 5.52. The molecule has 2 heteroatoms. The average Bonchev–Trinajstić information content (AvgIpc) is 2.13. The molecule has 0 amide bonds. The summed E-state index contributed by atoms with van der Waals surface area (Å²) in [7, 11) is 0. The summed E-state index contributed by atoms with van der Waals surface area (Å²) in [4.78, 5) is 0. The lowest BCUT2D eigenvalue weighted by Gasteiger charge is -2.13. The van der Waals surface area contributed by atoms with Gasteiger partial charge in [-0.2, -0.15) is 0 Å². The second-order valence-corrected chi connectivity index (χ2v) is 4.47. The monoisotopic (exact) mass is 201 g/mol. The first kappa shape index (κ1) is 13.9. The molecule has 0 aliphatic carbocycles. The molecule has 0 rings (SSSR count). The van der Waals surface area contributed by atoms with Gasteiger partial charge in [0.1, 0.15) is 0 Å². The minimum Gasteiger partial charge on any atom is -0.381 e. The van der Waals surface area contributed by atoms with Gasteiger partial charge in [0.05, 0.1) is 0 Å². The highest BCUT2D eigenvalue weighted by molar-refractivity contribution is 4.59. The number of nitrogens with one attached hydrogen (secondary N) is 1. The molecule has 1 atom stereocenters. The second-order valence-electron chi connectivity index (χ2n) is 4.47. The van der Waals surface area contributed by atoms with Gasteiger partial charge in [0.2, 0.25) is 0 Å². The predicted octanol–water partition coefficient (Wildman–Crippen LogP) is 2.83. The van der Waals surface area contributed by atoms with Crippen LogP contribution in [0, 0.1) is 5.92 Å². The molecule has 0 aromatic rings.